The molecule has 3 aromatic rings. The van der Waals surface area contributed by atoms with Crippen LogP contribution in [0.2, 0.25) is 0 Å². The highest BCUT2D eigenvalue weighted by atomic mass is 16.5. The number of aromatic amines is 1. The molecule has 0 aliphatic rings. The van der Waals surface area contributed by atoms with E-state index in [4.69, 9.17) is 10.5 Å². The summed E-state index contributed by atoms with van der Waals surface area (Å²) in [4.78, 5) is 41.3. The van der Waals surface area contributed by atoms with Gasteiger partial charge in [0.15, 0.2) is 12.3 Å². The number of hydrogen-bond donors (Lipinski definition) is 2. The van der Waals surface area contributed by atoms with Crippen LogP contribution in [0.1, 0.15) is 23.6 Å². The van der Waals surface area contributed by atoms with Gasteiger partial charge < -0.3 is 15.4 Å². The SMILES string of the molecule is CCN(C(=O)COc1cc(C)ccc1C)c1c(N)n(Cc2ccccc2)c(=O)[nH]c1=O. The monoisotopic (exact) mass is 422 g/mol. The molecule has 3 rings (SSSR count). The number of rotatable bonds is 7. The first-order chi connectivity index (χ1) is 14.8. The average Bonchev–Trinajstić information content (AvgIpc) is 2.75. The molecule has 1 amide bonds. The Kier molecular flexibility index (Phi) is 6.59. The van der Waals surface area contributed by atoms with Gasteiger partial charge in [-0.05, 0) is 43.5 Å². The van der Waals surface area contributed by atoms with Crippen LogP contribution in [0.5, 0.6) is 5.75 Å². The van der Waals surface area contributed by atoms with Gasteiger partial charge in [-0.15, -0.1) is 0 Å². The number of nitrogens with zero attached hydrogens (tertiary/aromatic N) is 2. The summed E-state index contributed by atoms with van der Waals surface area (Å²) < 4.78 is 6.94. The van der Waals surface area contributed by atoms with Crippen LogP contribution in [-0.2, 0) is 11.3 Å². The first-order valence-corrected chi connectivity index (χ1v) is 9.98. The normalized spacial score (nSPS) is 10.7. The Bertz CT molecular complexity index is 1200. The fourth-order valence-electron chi connectivity index (χ4n) is 3.30. The molecule has 0 bridgehead atoms. The average molecular weight is 422 g/mol. The molecule has 0 atom stereocenters. The Morgan fingerprint density at radius 1 is 1.13 bits per heavy atom. The van der Waals surface area contributed by atoms with Gasteiger partial charge in [-0.25, -0.2) is 4.79 Å². The Hall–Kier alpha value is -3.81. The summed E-state index contributed by atoms with van der Waals surface area (Å²) in [6.45, 7) is 5.63. The lowest BCUT2D eigenvalue weighted by Gasteiger charge is -2.23. The molecule has 1 heterocycles. The topological polar surface area (TPSA) is 110 Å². The third-order valence-corrected chi connectivity index (χ3v) is 4.98. The van der Waals surface area contributed by atoms with E-state index in [9.17, 15) is 14.4 Å². The van der Waals surface area contributed by atoms with Crippen molar-refractivity contribution in [1.29, 1.82) is 0 Å². The molecule has 2 aromatic carbocycles. The highest BCUT2D eigenvalue weighted by Crippen LogP contribution is 2.21. The number of ether oxygens (including phenoxy) is 1. The summed E-state index contributed by atoms with van der Waals surface area (Å²) in [5, 5.41) is 0. The van der Waals surface area contributed by atoms with Gasteiger partial charge in [-0.2, -0.15) is 0 Å². The van der Waals surface area contributed by atoms with Crippen molar-refractivity contribution in [1.82, 2.24) is 9.55 Å². The lowest BCUT2D eigenvalue weighted by molar-refractivity contribution is -0.120. The van der Waals surface area contributed by atoms with E-state index in [1.54, 1.807) is 6.92 Å². The van der Waals surface area contributed by atoms with Crippen LogP contribution in [0.4, 0.5) is 11.5 Å². The standard InChI is InChI=1S/C23H26N4O4/c1-4-26(19(28)14-31-18-12-15(2)10-11-16(18)3)20-21(24)27(23(30)25-22(20)29)13-17-8-6-5-7-9-17/h5-12H,4,13-14,24H2,1-3H3,(H,25,29,30). The molecule has 0 unspecified atom stereocenters. The lowest BCUT2D eigenvalue weighted by atomic mass is 10.1. The number of aryl methyl sites for hydroxylation is 2. The Morgan fingerprint density at radius 3 is 2.52 bits per heavy atom. The predicted molar refractivity (Wildman–Crippen MR) is 121 cm³/mol. The molecule has 0 saturated carbocycles. The van der Waals surface area contributed by atoms with Crippen LogP contribution < -0.4 is 26.6 Å². The van der Waals surface area contributed by atoms with Crippen molar-refractivity contribution in [2.24, 2.45) is 0 Å². The Labute approximate surface area is 179 Å². The fourth-order valence-corrected chi connectivity index (χ4v) is 3.30. The van der Waals surface area contributed by atoms with Crippen molar-refractivity contribution in [3.8, 4) is 5.75 Å². The molecule has 8 nitrogen and oxygen atoms in total. The zero-order chi connectivity index (χ0) is 22.5. The third kappa shape index (κ3) is 4.85. The summed E-state index contributed by atoms with van der Waals surface area (Å²) in [5.41, 5.74) is 7.54. The van der Waals surface area contributed by atoms with E-state index in [2.05, 4.69) is 4.98 Å². The number of nitrogen functional groups attached to an aromatic ring is 1. The smallest absolute Gasteiger partial charge is 0.330 e. The molecular weight excluding hydrogens is 396 g/mol. The van der Waals surface area contributed by atoms with E-state index in [1.165, 1.54) is 9.47 Å². The highest BCUT2D eigenvalue weighted by Gasteiger charge is 2.23. The van der Waals surface area contributed by atoms with Crippen molar-refractivity contribution in [3.05, 3.63) is 86.1 Å². The number of aromatic nitrogens is 2. The minimum absolute atomic E-state index is 0.0624. The van der Waals surface area contributed by atoms with Crippen LogP contribution in [0.25, 0.3) is 0 Å². The van der Waals surface area contributed by atoms with Crippen molar-refractivity contribution >= 4 is 17.4 Å². The van der Waals surface area contributed by atoms with Gasteiger partial charge in [0.2, 0.25) is 0 Å². The van der Waals surface area contributed by atoms with Gasteiger partial charge in [0, 0.05) is 6.54 Å². The number of hydrogen-bond acceptors (Lipinski definition) is 5. The van der Waals surface area contributed by atoms with Gasteiger partial charge >= 0.3 is 5.69 Å². The van der Waals surface area contributed by atoms with Crippen LogP contribution in [0, 0.1) is 13.8 Å². The Balaban J connectivity index is 1.90. The number of carbonyl (C=O) groups is 1. The first-order valence-electron chi connectivity index (χ1n) is 9.98. The van der Waals surface area contributed by atoms with Gasteiger partial charge in [0.1, 0.15) is 11.6 Å². The van der Waals surface area contributed by atoms with E-state index in [0.29, 0.717) is 5.75 Å². The number of nitrogens with two attached hydrogens (primary N) is 1. The molecule has 0 saturated heterocycles. The second-order valence-electron chi connectivity index (χ2n) is 7.26. The zero-order valence-electron chi connectivity index (χ0n) is 17.8. The quantitative estimate of drug-likeness (QED) is 0.607. The maximum atomic E-state index is 12.9. The highest BCUT2D eigenvalue weighted by molar-refractivity contribution is 5.96. The van der Waals surface area contributed by atoms with Crippen LogP contribution in [-0.4, -0.2) is 28.6 Å². The van der Waals surface area contributed by atoms with E-state index in [-0.39, 0.29) is 31.2 Å². The van der Waals surface area contributed by atoms with Gasteiger partial charge in [0.05, 0.1) is 6.54 Å². The third-order valence-electron chi connectivity index (χ3n) is 4.98. The number of amides is 1. The van der Waals surface area contributed by atoms with Crippen molar-refractivity contribution in [3.63, 3.8) is 0 Å². The van der Waals surface area contributed by atoms with E-state index in [0.717, 1.165) is 16.7 Å². The van der Waals surface area contributed by atoms with Gasteiger partial charge in [-0.3, -0.25) is 19.1 Å². The lowest BCUT2D eigenvalue weighted by Crippen LogP contribution is -2.42. The minimum Gasteiger partial charge on any atom is -0.483 e. The van der Waals surface area contributed by atoms with Crippen LogP contribution >= 0.6 is 0 Å². The summed E-state index contributed by atoms with van der Waals surface area (Å²) in [6, 6.07) is 15.0. The number of carbonyl (C=O) groups excluding carboxylic acids is 1. The van der Waals surface area contributed by atoms with Crippen LogP contribution in [0.3, 0.4) is 0 Å². The second-order valence-corrected chi connectivity index (χ2v) is 7.26. The molecule has 0 aliphatic carbocycles. The molecular formula is C23H26N4O4. The molecule has 162 valence electrons. The Morgan fingerprint density at radius 2 is 1.84 bits per heavy atom. The fraction of sp³-hybridized carbons (Fsp3) is 0.261. The second kappa shape index (κ2) is 9.34. The number of benzene rings is 2. The molecule has 0 spiro atoms. The van der Waals surface area contributed by atoms with E-state index < -0.39 is 17.2 Å². The van der Waals surface area contributed by atoms with Gasteiger partial charge in [-0.1, -0.05) is 42.5 Å². The molecule has 0 aliphatic heterocycles. The number of H-pyrrole nitrogens is 1. The molecule has 8 heteroatoms. The maximum absolute atomic E-state index is 12.9. The summed E-state index contributed by atoms with van der Waals surface area (Å²) in [5.74, 6) is 0.0883. The summed E-state index contributed by atoms with van der Waals surface area (Å²) in [7, 11) is 0. The number of anilines is 2. The predicted octanol–water partition coefficient (Wildman–Crippen LogP) is 2.22. The molecule has 31 heavy (non-hydrogen) atoms. The van der Waals surface area contributed by atoms with E-state index in [1.807, 2.05) is 62.4 Å². The molecule has 0 fully saturated rings. The molecule has 0 radical (unpaired) electrons. The summed E-state index contributed by atoms with van der Waals surface area (Å²) in [6.07, 6.45) is 0. The van der Waals surface area contributed by atoms with Crippen molar-refractivity contribution < 1.29 is 9.53 Å². The largest absolute Gasteiger partial charge is 0.483 e. The zero-order valence-corrected chi connectivity index (χ0v) is 17.8. The van der Waals surface area contributed by atoms with E-state index >= 15 is 0 Å². The molecule has 1 aromatic heterocycles. The van der Waals surface area contributed by atoms with Crippen molar-refractivity contribution in [2.45, 2.75) is 27.3 Å². The maximum Gasteiger partial charge on any atom is 0.330 e. The van der Waals surface area contributed by atoms with Gasteiger partial charge in [0.25, 0.3) is 11.5 Å². The summed E-state index contributed by atoms with van der Waals surface area (Å²) >= 11 is 0. The number of nitrogens with one attached hydrogen (secondary N) is 1. The minimum atomic E-state index is -0.714. The van der Waals surface area contributed by atoms with Crippen molar-refractivity contribution in [2.75, 3.05) is 23.8 Å². The number of likely N-dealkylation sites (N-methyl/N-ethyl adjacent to an activating group) is 1. The molecule has 3 N–H and O–H groups in total. The van der Waals surface area contributed by atoms with Crippen LogP contribution in [0.15, 0.2) is 58.1 Å². The first kappa shape index (κ1) is 21.9.